The number of carbonyl (C=O) groups is 1. The molecular formula is C16H21N3O2. The van der Waals surface area contributed by atoms with Crippen molar-refractivity contribution in [3.8, 4) is 0 Å². The summed E-state index contributed by atoms with van der Waals surface area (Å²) >= 11 is 0. The van der Waals surface area contributed by atoms with Gasteiger partial charge in [-0.25, -0.2) is 9.97 Å². The van der Waals surface area contributed by atoms with Crippen molar-refractivity contribution in [1.82, 2.24) is 9.97 Å². The van der Waals surface area contributed by atoms with Crippen LogP contribution in [0.5, 0.6) is 0 Å². The molecule has 0 spiro atoms. The van der Waals surface area contributed by atoms with Crippen molar-refractivity contribution in [1.29, 1.82) is 0 Å². The molecule has 1 aromatic carbocycles. The van der Waals surface area contributed by atoms with Gasteiger partial charge in [0.2, 0.25) is 0 Å². The summed E-state index contributed by atoms with van der Waals surface area (Å²) in [6, 6.07) is 6.02. The number of esters is 1. The maximum absolute atomic E-state index is 11.4. The van der Waals surface area contributed by atoms with E-state index in [9.17, 15) is 4.79 Å². The van der Waals surface area contributed by atoms with Crippen LogP contribution >= 0.6 is 0 Å². The normalized spacial score (nSPS) is 10.9. The van der Waals surface area contributed by atoms with Gasteiger partial charge in [-0.15, -0.1) is 0 Å². The molecule has 1 N–H and O–H groups in total. The predicted octanol–water partition coefficient (Wildman–Crippen LogP) is 3.08. The zero-order valence-corrected chi connectivity index (χ0v) is 12.7. The van der Waals surface area contributed by atoms with Gasteiger partial charge in [0.05, 0.1) is 11.6 Å². The summed E-state index contributed by atoms with van der Waals surface area (Å²) in [5.74, 6) is 0.649. The first-order valence-electron chi connectivity index (χ1n) is 7.21. The van der Waals surface area contributed by atoms with Crippen molar-refractivity contribution in [3.05, 3.63) is 30.1 Å². The van der Waals surface area contributed by atoms with Gasteiger partial charge in [-0.2, -0.15) is 0 Å². The topological polar surface area (TPSA) is 64.1 Å². The van der Waals surface area contributed by atoms with Gasteiger partial charge in [-0.3, -0.25) is 4.79 Å². The number of para-hydroxylation sites is 1. The molecular weight excluding hydrogens is 266 g/mol. The Labute approximate surface area is 124 Å². The van der Waals surface area contributed by atoms with Gasteiger partial charge >= 0.3 is 5.97 Å². The van der Waals surface area contributed by atoms with Crippen LogP contribution in [0.3, 0.4) is 0 Å². The van der Waals surface area contributed by atoms with E-state index >= 15 is 0 Å². The first-order chi connectivity index (χ1) is 10.1. The highest BCUT2D eigenvalue weighted by atomic mass is 16.5. The number of benzene rings is 1. The van der Waals surface area contributed by atoms with Crippen LogP contribution in [0.25, 0.3) is 10.9 Å². The third-order valence-corrected chi connectivity index (χ3v) is 3.08. The molecule has 5 heteroatoms. The van der Waals surface area contributed by atoms with E-state index in [1.807, 2.05) is 39.0 Å². The molecule has 2 rings (SSSR count). The van der Waals surface area contributed by atoms with Crippen molar-refractivity contribution < 1.29 is 9.53 Å². The highest BCUT2D eigenvalue weighted by Crippen LogP contribution is 2.21. The van der Waals surface area contributed by atoms with E-state index in [1.54, 1.807) is 6.33 Å². The number of rotatable bonds is 6. The number of nitrogens with zero attached hydrogens (tertiary/aromatic N) is 2. The molecule has 5 nitrogen and oxygen atoms in total. The largest absolute Gasteiger partial charge is 0.463 e. The molecule has 2 aromatic rings. The number of aryl methyl sites for hydroxylation is 1. The number of aromatic nitrogens is 2. The Kier molecular flexibility index (Phi) is 5.09. The molecule has 0 aliphatic carbocycles. The van der Waals surface area contributed by atoms with Crippen molar-refractivity contribution in [2.24, 2.45) is 0 Å². The van der Waals surface area contributed by atoms with Gasteiger partial charge in [0.15, 0.2) is 0 Å². The van der Waals surface area contributed by atoms with E-state index < -0.39 is 0 Å². The van der Waals surface area contributed by atoms with Gasteiger partial charge in [-0.1, -0.05) is 12.1 Å². The number of nitrogens with one attached hydrogen (secondary N) is 1. The van der Waals surface area contributed by atoms with Crippen molar-refractivity contribution >= 4 is 22.7 Å². The van der Waals surface area contributed by atoms with E-state index in [2.05, 4.69) is 15.3 Å². The van der Waals surface area contributed by atoms with E-state index in [-0.39, 0.29) is 12.1 Å². The summed E-state index contributed by atoms with van der Waals surface area (Å²) < 4.78 is 5.10. The van der Waals surface area contributed by atoms with E-state index in [1.165, 1.54) is 0 Å². The molecule has 0 aliphatic rings. The van der Waals surface area contributed by atoms with Crippen LogP contribution in [0.1, 0.15) is 32.3 Å². The summed E-state index contributed by atoms with van der Waals surface area (Å²) in [5, 5.41) is 4.27. The van der Waals surface area contributed by atoms with Gasteiger partial charge < -0.3 is 10.1 Å². The molecule has 0 amide bonds. The zero-order chi connectivity index (χ0) is 15.2. The Hall–Kier alpha value is -2.17. The fraction of sp³-hybridized carbons (Fsp3) is 0.438. The standard InChI is InChI=1S/C16H21N3O2/c1-11(2)21-14(20)8-5-9-17-16-13-7-4-6-12(3)15(13)18-10-19-16/h4,6-7,10-11H,5,8-9H2,1-3H3,(H,17,18,19). The van der Waals surface area contributed by atoms with Crippen molar-refractivity contribution in [2.45, 2.75) is 39.7 Å². The maximum atomic E-state index is 11.4. The summed E-state index contributed by atoms with van der Waals surface area (Å²) in [6.45, 7) is 6.41. The molecule has 0 bridgehead atoms. The minimum absolute atomic E-state index is 0.0563. The zero-order valence-electron chi connectivity index (χ0n) is 12.7. The summed E-state index contributed by atoms with van der Waals surface area (Å²) in [4.78, 5) is 20.0. The number of carbonyl (C=O) groups excluding carboxylic acids is 1. The Morgan fingerprint density at radius 2 is 2.14 bits per heavy atom. The van der Waals surface area contributed by atoms with E-state index in [4.69, 9.17) is 4.74 Å². The van der Waals surface area contributed by atoms with Crippen LogP contribution in [0.4, 0.5) is 5.82 Å². The Bertz CT molecular complexity index is 626. The highest BCUT2D eigenvalue weighted by Gasteiger charge is 2.07. The smallest absolute Gasteiger partial charge is 0.306 e. The van der Waals surface area contributed by atoms with Crippen LogP contribution in [-0.4, -0.2) is 28.6 Å². The molecule has 0 saturated carbocycles. The van der Waals surface area contributed by atoms with Crippen LogP contribution in [0.2, 0.25) is 0 Å². The Morgan fingerprint density at radius 1 is 1.33 bits per heavy atom. The quantitative estimate of drug-likeness (QED) is 0.653. The maximum Gasteiger partial charge on any atom is 0.306 e. The number of hydrogen-bond donors (Lipinski definition) is 1. The predicted molar refractivity (Wildman–Crippen MR) is 83.2 cm³/mol. The average Bonchev–Trinajstić information content (AvgIpc) is 2.43. The van der Waals surface area contributed by atoms with Gasteiger partial charge in [0.25, 0.3) is 0 Å². The van der Waals surface area contributed by atoms with Crippen LogP contribution < -0.4 is 5.32 Å². The van der Waals surface area contributed by atoms with Crippen molar-refractivity contribution in [2.75, 3.05) is 11.9 Å². The van der Waals surface area contributed by atoms with Crippen LogP contribution in [0, 0.1) is 6.92 Å². The molecule has 0 atom stereocenters. The number of ether oxygens (including phenoxy) is 1. The molecule has 0 radical (unpaired) electrons. The Morgan fingerprint density at radius 3 is 2.90 bits per heavy atom. The van der Waals surface area contributed by atoms with Gasteiger partial charge in [0.1, 0.15) is 12.1 Å². The lowest BCUT2D eigenvalue weighted by molar-refractivity contribution is -0.147. The summed E-state index contributed by atoms with van der Waals surface area (Å²) in [7, 11) is 0. The molecule has 1 heterocycles. The molecule has 112 valence electrons. The number of anilines is 1. The summed E-state index contributed by atoms with van der Waals surface area (Å²) in [5.41, 5.74) is 2.08. The Balaban J connectivity index is 1.92. The SMILES string of the molecule is Cc1cccc2c(NCCCC(=O)OC(C)C)ncnc12. The van der Waals surface area contributed by atoms with Gasteiger partial charge in [0, 0.05) is 18.4 Å². The number of fused-ring (bicyclic) bond motifs is 1. The highest BCUT2D eigenvalue weighted by molar-refractivity contribution is 5.90. The number of hydrogen-bond acceptors (Lipinski definition) is 5. The molecule has 0 unspecified atom stereocenters. The fourth-order valence-electron chi connectivity index (χ4n) is 2.14. The lowest BCUT2D eigenvalue weighted by Crippen LogP contribution is -2.13. The molecule has 0 aliphatic heterocycles. The third-order valence-electron chi connectivity index (χ3n) is 3.08. The second-order valence-corrected chi connectivity index (χ2v) is 5.26. The summed E-state index contributed by atoms with van der Waals surface area (Å²) in [6.07, 6.45) is 2.63. The monoisotopic (exact) mass is 287 g/mol. The molecule has 21 heavy (non-hydrogen) atoms. The van der Waals surface area contributed by atoms with Crippen LogP contribution in [-0.2, 0) is 9.53 Å². The van der Waals surface area contributed by atoms with E-state index in [0.717, 1.165) is 22.3 Å². The molecule has 0 fully saturated rings. The van der Waals surface area contributed by atoms with Crippen molar-refractivity contribution in [3.63, 3.8) is 0 Å². The minimum atomic E-state index is -0.157. The second kappa shape index (κ2) is 7.02. The third kappa shape index (κ3) is 4.15. The molecule has 1 aromatic heterocycles. The molecule has 0 saturated heterocycles. The lowest BCUT2D eigenvalue weighted by Gasteiger charge is -2.10. The first-order valence-corrected chi connectivity index (χ1v) is 7.21. The second-order valence-electron chi connectivity index (χ2n) is 5.26. The minimum Gasteiger partial charge on any atom is -0.463 e. The lowest BCUT2D eigenvalue weighted by atomic mass is 10.1. The fourth-order valence-corrected chi connectivity index (χ4v) is 2.14. The van der Waals surface area contributed by atoms with E-state index in [0.29, 0.717) is 19.4 Å². The van der Waals surface area contributed by atoms with Gasteiger partial charge in [-0.05, 0) is 38.8 Å². The first kappa shape index (κ1) is 15.2. The van der Waals surface area contributed by atoms with Crippen LogP contribution in [0.15, 0.2) is 24.5 Å². The average molecular weight is 287 g/mol.